The average Bonchev–Trinajstić information content (AvgIpc) is 2.72. The maximum absolute atomic E-state index is 10.9. The van der Waals surface area contributed by atoms with Gasteiger partial charge in [-0.25, -0.2) is 0 Å². The van der Waals surface area contributed by atoms with Crippen LogP contribution in [0.2, 0.25) is 5.02 Å². The van der Waals surface area contributed by atoms with Gasteiger partial charge in [0.1, 0.15) is 22.2 Å². The van der Waals surface area contributed by atoms with Gasteiger partial charge < -0.3 is 9.84 Å². The number of anilines is 1. The molecule has 1 aromatic heterocycles. The minimum absolute atomic E-state index is 0.0985. The lowest BCUT2D eigenvalue weighted by Crippen LogP contribution is -2.03. The maximum Gasteiger partial charge on any atom is 0.310 e. The first-order chi connectivity index (χ1) is 8.58. The highest BCUT2D eigenvalue weighted by Gasteiger charge is 2.18. The highest BCUT2D eigenvalue weighted by Crippen LogP contribution is 2.32. The van der Waals surface area contributed by atoms with E-state index in [1.54, 1.807) is 25.1 Å². The monoisotopic (exact) mass is 267 g/mol. The molecule has 2 aromatic rings. The molecule has 0 aliphatic rings. The first kappa shape index (κ1) is 12.4. The number of halogens is 1. The Morgan fingerprint density at radius 2 is 2.33 bits per heavy atom. The first-order valence-corrected chi connectivity index (χ1v) is 5.54. The maximum atomic E-state index is 10.9. The van der Waals surface area contributed by atoms with Crippen LogP contribution in [-0.4, -0.2) is 10.1 Å². The van der Waals surface area contributed by atoms with E-state index in [-0.39, 0.29) is 10.7 Å². The van der Waals surface area contributed by atoms with E-state index in [1.165, 1.54) is 6.07 Å². The van der Waals surface area contributed by atoms with Crippen molar-refractivity contribution >= 4 is 23.0 Å². The molecule has 0 bridgehead atoms. The number of aromatic nitrogens is 1. The minimum atomic E-state index is -0.515. The Labute approximate surface area is 108 Å². The lowest BCUT2D eigenvalue weighted by molar-refractivity contribution is -0.383. The number of rotatable bonds is 4. The van der Waals surface area contributed by atoms with E-state index in [2.05, 4.69) is 10.5 Å². The van der Waals surface area contributed by atoms with Crippen LogP contribution in [0, 0.1) is 17.0 Å². The predicted molar refractivity (Wildman–Crippen MR) is 66.7 cm³/mol. The number of hydrogen-bond donors (Lipinski definition) is 1. The SMILES string of the molecule is Cc1cc(CNc2cccc(Cl)c2[N+](=O)[O-])no1. The van der Waals surface area contributed by atoms with Crippen LogP contribution in [-0.2, 0) is 6.54 Å². The smallest absolute Gasteiger partial charge is 0.310 e. The van der Waals surface area contributed by atoms with Gasteiger partial charge in [-0.1, -0.05) is 22.8 Å². The molecule has 2 rings (SSSR count). The van der Waals surface area contributed by atoms with Crippen LogP contribution in [0.5, 0.6) is 0 Å². The molecule has 94 valence electrons. The van der Waals surface area contributed by atoms with Gasteiger partial charge in [-0.05, 0) is 19.1 Å². The van der Waals surface area contributed by atoms with Crippen molar-refractivity contribution < 1.29 is 9.45 Å². The molecule has 1 aromatic carbocycles. The third-order valence-corrected chi connectivity index (χ3v) is 2.61. The zero-order valence-corrected chi connectivity index (χ0v) is 10.3. The fourth-order valence-corrected chi connectivity index (χ4v) is 1.77. The highest BCUT2D eigenvalue weighted by molar-refractivity contribution is 6.33. The van der Waals surface area contributed by atoms with Crippen LogP contribution in [0.1, 0.15) is 11.5 Å². The summed E-state index contributed by atoms with van der Waals surface area (Å²) in [4.78, 5) is 10.4. The first-order valence-electron chi connectivity index (χ1n) is 5.17. The zero-order valence-electron chi connectivity index (χ0n) is 9.51. The average molecular weight is 268 g/mol. The molecular weight excluding hydrogens is 258 g/mol. The molecule has 0 saturated heterocycles. The van der Waals surface area contributed by atoms with Crippen molar-refractivity contribution in [2.75, 3.05) is 5.32 Å². The minimum Gasteiger partial charge on any atom is -0.374 e. The van der Waals surface area contributed by atoms with Crippen LogP contribution >= 0.6 is 11.6 Å². The van der Waals surface area contributed by atoms with E-state index in [4.69, 9.17) is 16.1 Å². The van der Waals surface area contributed by atoms with Gasteiger partial charge in [-0.3, -0.25) is 10.1 Å². The number of benzene rings is 1. The Bertz CT molecular complexity index is 583. The fraction of sp³-hybridized carbons (Fsp3) is 0.182. The Kier molecular flexibility index (Phi) is 3.47. The third kappa shape index (κ3) is 2.60. The largest absolute Gasteiger partial charge is 0.374 e. The normalized spacial score (nSPS) is 10.3. The summed E-state index contributed by atoms with van der Waals surface area (Å²) in [6, 6.07) is 6.47. The summed E-state index contributed by atoms with van der Waals surface area (Å²) < 4.78 is 4.90. The van der Waals surface area contributed by atoms with Crippen LogP contribution in [0.4, 0.5) is 11.4 Å². The number of nitrogens with one attached hydrogen (secondary N) is 1. The quantitative estimate of drug-likeness (QED) is 0.680. The molecule has 0 fully saturated rings. The molecule has 0 aliphatic carbocycles. The Morgan fingerprint density at radius 3 is 2.94 bits per heavy atom. The zero-order chi connectivity index (χ0) is 13.1. The van der Waals surface area contributed by atoms with Crippen LogP contribution in [0.15, 0.2) is 28.8 Å². The van der Waals surface area contributed by atoms with Crippen molar-refractivity contribution in [1.82, 2.24) is 5.16 Å². The van der Waals surface area contributed by atoms with E-state index in [0.29, 0.717) is 23.7 Å². The van der Waals surface area contributed by atoms with Gasteiger partial charge in [-0.15, -0.1) is 0 Å². The van der Waals surface area contributed by atoms with Gasteiger partial charge in [0.25, 0.3) is 0 Å². The van der Waals surface area contributed by atoms with Gasteiger partial charge in [-0.2, -0.15) is 0 Å². The Hall–Kier alpha value is -2.08. The number of nitrogens with zero attached hydrogens (tertiary/aromatic N) is 2. The second kappa shape index (κ2) is 5.05. The van der Waals surface area contributed by atoms with E-state index in [0.717, 1.165) is 0 Å². The second-order valence-electron chi connectivity index (χ2n) is 3.68. The summed E-state index contributed by atoms with van der Waals surface area (Å²) in [5.41, 5.74) is 0.884. The molecule has 0 saturated carbocycles. The van der Waals surface area contributed by atoms with Crippen LogP contribution in [0.25, 0.3) is 0 Å². The van der Waals surface area contributed by atoms with Crippen molar-refractivity contribution in [2.45, 2.75) is 13.5 Å². The summed E-state index contributed by atoms with van der Waals surface area (Å²) in [7, 11) is 0. The fourth-order valence-electron chi connectivity index (χ4n) is 1.53. The van der Waals surface area contributed by atoms with Gasteiger partial charge in [0.2, 0.25) is 0 Å². The highest BCUT2D eigenvalue weighted by atomic mass is 35.5. The predicted octanol–water partition coefficient (Wildman–Crippen LogP) is 3.16. The third-order valence-electron chi connectivity index (χ3n) is 2.31. The number of nitro benzene ring substituents is 1. The summed E-state index contributed by atoms with van der Waals surface area (Å²) >= 11 is 5.79. The molecule has 0 aliphatic heterocycles. The number of para-hydroxylation sites is 1. The van der Waals surface area contributed by atoms with E-state index in [1.807, 2.05) is 0 Å². The molecule has 0 atom stereocenters. The Balaban J connectivity index is 2.19. The standard InChI is InChI=1S/C11H10ClN3O3/c1-7-5-8(14-18-7)6-13-10-4-2-3-9(12)11(10)15(16)17/h2-5,13H,6H2,1H3. The van der Waals surface area contributed by atoms with Crippen molar-refractivity contribution in [3.63, 3.8) is 0 Å². The van der Waals surface area contributed by atoms with Crippen molar-refractivity contribution in [2.24, 2.45) is 0 Å². The number of hydrogen-bond acceptors (Lipinski definition) is 5. The van der Waals surface area contributed by atoms with E-state index >= 15 is 0 Å². The van der Waals surface area contributed by atoms with Crippen molar-refractivity contribution in [3.8, 4) is 0 Å². The number of nitro groups is 1. The van der Waals surface area contributed by atoms with Crippen molar-refractivity contribution in [3.05, 3.63) is 50.9 Å². The molecule has 0 unspecified atom stereocenters. The molecular formula is C11H10ClN3O3. The van der Waals surface area contributed by atoms with Gasteiger partial charge in [0.15, 0.2) is 0 Å². The van der Waals surface area contributed by atoms with Gasteiger partial charge in [0, 0.05) is 6.07 Å². The molecule has 1 heterocycles. The summed E-state index contributed by atoms with van der Waals surface area (Å²) in [5.74, 6) is 0.687. The van der Waals surface area contributed by atoms with Gasteiger partial charge >= 0.3 is 5.69 Å². The van der Waals surface area contributed by atoms with Gasteiger partial charge in [0.05, 0.1) is 11.5 Å². The summed E-state index contributed by atoms with van der Waals surface area (Å²) in [6.45, 7) is 2.11. The van der Waals surface area contributed by atoms with Crippen LogP contribution in [0.3, 0.4) is 0 Å². The number of aryl methyl sites for hydroxylation is 1. The molecule has 0 amide bonds. The summed E-state index contributed by atoms with van der Waals surface area (Å²) in [6.07, 6.45) is 0. The topological polar surface area (TPSA) is 81.2 Å². The van der Waals surface area contributed by atoms with Crippen molar-refractivity contribution in [1.29, 1.82) is 0 Å². The molecule has 1 N–H and O–H groups in total. The second-order valence-corrected chi connectivity index (χ2v) is 4.08. The van der Waals surface area contributed by atoms with E-state index in [9.17, 15) is 10.1 Å². The molecule has 7 heteroatoms. The van der Waals surface area contributed by atoms with Crippen LogP contribution < -0.4 is 5.32 Å². The lowest BCUT2D eigenvalue weighted by Gasteiger charge is -2.05. The van der Waals surface area contributed by atoms with E-state index < -0.39 is 4.92 Å². The summed E-state index contributed by atoms with van der Waals surface area (Å²) in [5, 5.41) is 17.7. The molecule has 18 heavy (non-hydrogen) atoms. The molecule has 0 radical (unpaired) electrons. The Morgan fingerprint density at radius 1 is 1.56 bits per heavy atom. The molecule has 6 nitrogen and oxygen atoms in total. The molecule has 0 spiro atoms. The lowest BCUT2D eigenvalue weighted by atomic mass is 10.2.